The van der Waals surface area contributed by atoms with E-state index in [0.717, 1.165) is 4.47 Å². The zero-order valence-corrected chi connectivity index (χ0v) is 11.2. The molecule has 4 nitrogen and oxygen atoms in total. The van der Waals surface area contributed by atoms with Crippen LogP contribution in [0, 0.1) is 17.2 Å². The van der Waals surface area contributed by atoms with Gasteiger partial charge in [-0.05, 0) is 32.0 Å². The van der Waals surface area contributed by atoms with Gasteiger partial charge in [0.1, 0.15) is 6.07 Å². The number of carboxylic acid groups (broad SMARTS) is 1. The molecule has 0 amide bonds. The lowest BCUT2D eigenvalue weighted by atomic mass is 10.0. The number of rotatable bonds is 4. The molecule has 0 saturated heterocycles. The van der Waals surface area contributed by atoms with Crippen molar-refractivity contribution in [2.24, 2.45) is 5.92 Å². The Balaban J connectivity index is 2.91. The Morgan fingerprint density at radius 2 is 2.18 bits per heavy atom. The summed E-state index contributed by atoms with van der Waals surface area (Å²) in [6, 6.07) is 7.04. The molecule has 0 fully saturated rings. The normalized spacial score (nSPS) is 13.5. The molecule has 2 unspecified atom stereocenters. The Bertz CT molecular complexity index is 468. The number of nitrogens with zero attached hydrogens (tertiary/aromatic N) is 1. The molecule has 0 aliphatic heterocycles. The summed E-state index contributed by atoms with van der Waals surface area (Å²) in [5, 5.41) is 20.9. The van der Waals surface area contributed by atoms with Crippen LogP contribution in [0.4, 0.5) is 5.69 Å². The van der Waals surface area contributed by atoms with Crippen molar-refractivity contribution < 1.29 is 9.90 Å². The van der Waals surface area contributed by atoms with Crippen molar-refractivity contribution in [1.29, 1.82) is 5.26 Å². The van der Waals surface area contributed by atoms with Crippen LogP contribution in [0.15, 0.2) is 22.7 Å². The summed E-state index contributed by atoms with van der Waals surface area (Å²) in [5.41, 5.74) is 1.14. The number of halogens is 1. The van der Waals surface area contributed by atoms with Gasteiger partial charge in [-0.25, -0.2) is 0 Å². The molecule has 90 valence electrons. The van der Waals surface area contributed by atoms with Crippen molar-refractivity contribution in [3.63, 3.8) is 0 Å². The lowest BCUT2D eigenvalue weighted by Gasteiger charge is -2.19. The van der Waals surface area contributed by atoms with Crippen LogP contribution in [-0.2, 0) is 4.79 Å². The molecule has 1 rings (SSSR count). The molecular weight excluding hydrogens is 284 g/mol. The van der Waals surface area contributed by atoms with Crippen molar-refractivity contribution in [1.82, 2.24) is 0 Å². The van der Waals surface area contributed by atoms with Crippen molar-refractivity contribution in [3.8, 4) is 6.07 Å². The first-order valence-corrected chi connectivity index (χ1v) is 5.94. The average molecular weight is 297 g/mol. The summed E-state index contributed by atoms with van der Waals surface area (Å²) >= 11 is 3.32. The molecule has 0 radical (unpaired) electrons. The maximum absolute atomic E-state index is 10.8. The van der Waals surface area contributed by atoms with E-state index in [1.54, 1.807) is 32.0 Å². The summed E-state index contributed by atoms with van der Waals surface area (Å²) in [6.45, 7) is 3.41. The highest BCUT2D eigenvalue weighted by molar-refractivity contribution is 9.10. The molecule has 2 N–H and O–H groups in total. The Kier molecular flexibility index (Phi) is 4.53. The summed E-state index contributed by atoms with van der Waals surface area (Å²) < 4.78 is 0.842. The van der Waals surface area contributed by atoms with Crippen LogP contribution >= 0.6 is 15.9 Å². The first-order chi connectivity index (χ1) is 7.95. The lowest BCUT2D eigenvalue weighted by molar-refractivity contribution is -0.141. The number of carboxylic acids is 1. The van der Waals surface area contributed by atoms with Gasteiger partial charge < -0.3 is 10.4 Å². The number of hydrogen-bond donors (Lipinski definition) is 2. The molecule has 17 heavy (non-hydrogen) atoms. The lowest BCUT2D eigenvalue weighted by Crippen LogP contribution is -2.30. The van der Waals surface area contributed by atoms with Crippen LogP contribution in [-0.4, -0.2) is 17.1 Å². The van der Waals surface area contributed by atoms with E-state index in [1.165, 1.54) is 0 Å². The van der Waals surface area contributed by atoms with E-state index < -0.39 is 11.9 Å². The molecular formula is C12H13BrN2O2. The maximum Gasteiger partial charge on any atom is 0.308 e. The van der Waals surface area contributed by atoms with Gasteiger partial charge in [0.2, 0.25) is 0 Å². The third kappa shape index (κ3) is 3.46. The van der Waals surface area contributed by atoms with Gasteiger partial charge >= 0.3 is 5.97 Å². The van der Waals surface area contributed by atoms with E-state index in [1.807, 2.05) is 0 Å². The Labute approximate surface area is 108 Å². The van der Waals surface area contributed by atoms with Gasteiger partial charge in [-0.15, -0.1) is 0 Å². The Hall–Kier alpha value is -1.54. The molecule has 0 aliphatic carbocycles. The third-order valence-corrected chi connectivity index (χ3v) is 3.12. The standard InChI is InChI=1S/C12H13BrN2O2/c1-7(12(16)17)8(2)15-11-5-10(13)4-3-9(11)6-14/h3-5,7-8,15H,1-2H3,(H,16,17). The Morgan fingerprint density at radius 1 is 1.53 bits per heavy atom. The summed E-state index contributed by atoms with van der Waals surface area (Å²) in [6.07, 6.45) is 0. The van der Waals surface area contributed by atoms with E-state index in [9.17, 15) is 4.79 Å². The highest BCUT2D eigenvalue weighted by Crippen LogP contribution is 2.22. The molecule has 0 heterocycles. The number of nitriles is 1. The van der Waals surface area contributed by atoms with E-state index in [4.69, 9.17) is 10.4 Å². The number of carbonyl (C=O) groups is 1. The van der Waals surface area contributed by atoms with Gasteiger partial charge in [-0.1, -0.05) is 15.9 Å². The van der Waals surface area contributed by atoms with Gasteiger partial charge in [0, 0.05) is 10.5 Å². The second kappa shape index (κ2) is 5.69. The smallest absolute Gasteiger partial charge is 0.308 e. The zero-order valence-electron chi connectivity index (χ0n) is 9.57. The highest BCUT2D eigenvalue weighted by Gasteiger charge is 2.19. The summed E-state index contributed by atoms with van der Waals surface area (Å²) in [7, 11) is 0. The zero-order chi connectivity index (χ0) is 13.0. The monoisotopic (exact) mass is 296 g/mol. The maximum atomic E-state index is 10.8. The van der Waals surface area contributed by atoms with Crippen molar-refractivity contribution in [3.05, 3.63) is 28.2 Å². The van der Waals surface area contributed by atoms with Crippen molar-refractivity contribution in [2.45, 2.75) is 19.9 Å². The van der Waals surface area contributed by atoms with E-state index in [-0.39, 0.29) is 6.04 Å². The second-order valence-corrected chi connectivity index (χ2v) is 4.78. The largest absolute Gasteiger partial charge is 0.481 e. The SMILES string of the molecule is CC(Nc1cc(Br)ccc1C#N)C(C)C(=O)O. The number of aliphatic carboxylic acids is 1. The molecule has 2 atom stereocenters. The van der Waals surface area contributed by atoms with Crippen LogP contribution in [0.1, 0.15) is 19.4 Å². The van der Waals surface area contributed by atoms with Gasteiger partial charge in [0.15, 0.2) is 0 Å². The molecule has 0 bridgehead atoms. The average Bonchev–Trinajstić information content (AvgIpc) is 2.28. The van der Waals surface area contributed by atoms with Crippen LogP contribution in [0.5, 0.6) is 0 Å². The molecule has 0 aliphatic rings. The Morgan fingerprint density at radius 3 is 2.71 bits per heavy atom. The van der Waals surface area contributed by atoms with Gasteiger partial charge in [0.05, 0.1) is 17.2 Å². The molecule has 5 heteroatoms. The number of benzene rings is 1. The molecule has 0 spiro atoms. The minimum absolute atomic E-state index is 0.256. The quantitative estimate of drug-likeness (QED) is 0.896. The van der Waals surface area contributed by atoms with E-state index in [0.29, 0.717) is 11.3 Å². The summed E-state index contributed by atoms with van der Waals surface area (Å²) in [4.78, 5) is 10.8. The number of hydrogen-bond acceptors (Lipinski definition) is 3. The molecule has 0 aromatic heterocycles. The van der Waals surface area contributed by atoms with Crippen molar-refractivity contribution in [2.75, 3.05) is 5.32 Å². The second-order valence-electron chi connectivity index (χ2n) is 3.86. The van der Waals surface area contributed by atoms with Crippen LogP contribution in [0.3, 0.4) is 0 Å². The van der Waals surface area contributed by atoms with E-state index >= 15 is 0 Å². The molecule has 0 saturated carbocycles. The van der Waals surface area contributed by atoms with Gasteiger partial charge in [-0.2, -0.15) is 5.26 Å². The number of nitrogens with one attached hydrogen (secondary N) is 1. The highest BCUT2D eigenvalue weighted by atomic mass is 79.9. The van der Waals surface area contributed by atoms with Gasteiger partial charge in [-0.3, -0.25) is 4.79 Å². The van der Waals surface area contributed by atoms with Crippen molar-refractivity contribution >= 4 is 27.6 Å². The minimum Gasteiger partial charge on any atom is -0.481 e. The predicted molar refractivity (Wildman–Crippen MR) is 68.7 cm³/mol. The fourth-order valence-corrected chi connectivity index (χ4v) is 1.68. The van der Waals surface area contributed by atoms with Gasteiger partial charge in [0.25, 0.3) is 0 Å². The number of anilines is 1. The fourth-order valence-electron chi connectivity index (χ4n) is 1.32. The fraction of sp³-hybridized carbons (Fsp3) is 0.333. The summed E-state index contributed by atoms with van der Waals surface area (Å²) in [5.74, 6) is -1.39. The topological polar surface area (TPSA) is 73.1 Å². The first-order valence-electron chi connectivity index (χ1n) is 5.14. The third-order valence-electron chi connectivity index (χ3n) is 2.62. The molecule has 1 aromatic carbocycles. The van der Waals surface area contributed by atoms with Crippen LogP contribution in [0.2, 0.25) is 0 Å². The van der Waals surface area contributed by atoms with E-state index in [2.05, 4.69) is 27.3 Å². The predicted octanol–water partition coefficient (Wildman–Crippen LogP) is 2.84. The minimum atomic E-state index is -0.862. The van der Waals surface area contributed by atoms with Crippen LogP contribution < -0.4 is 5.32 Å². The first kappa shape index (κ1) is 13.5. The molecule has 1 aromatic rings. The van der Waals surface area contributed by atoms with Crippen LogP contribution in [0.25, 0.3) is 0 Å².